The Kier molecular flexibility index (Phi) is 5.59. The number of carbonyl (C=O) groups excluding carboxylic acids is 1. The molecule has 0 aliphatic rings. The zero-order valence-electron chi connectivity index (χ0n) is 14.2. The number of amides is 1. The Morgan fingerprint density at radius 1 is 1.13 bits per heavy atom. The topological polar surface area (TPSA) is 84.5 Å². The summed E-state index contributed by atoms with van der Waals surface area (Å²) >= 11 is 6.02. The van der Waals surface area contributed by atoms with Crippen molar-refractivity contribution in [2.24, 2.45) is 0 Å². The SMILES string of the molecule is CC(C)(C)OC(=O)Nc1ccc(Cl)c(NS(=O)(=O)C(C)(C)C)c1. The molecule has 1 aromatic rings. The van der Waals surface area contributed by atoms with E-state index in [2.05, 4.69) is 10.0 Å². The van der Waals surface area contributed by atoms with Gasteiger partial charge in [-0.25, -0.2) is 13.2 Å². The van der Waals surface area contributed by atoms with E-state index in [-0.39, 0.29) is 10.7 Å². The summed E-state index contributed by atoms with van der Waals surface area (Å²) in [7, 11) is -3.63. The van der Waals surface area contributed by atoms with Gasteiger partial charge in [0.15, 0.2) is 0 Å². The molecule has 0 unspecified atom stereocenters. The highest BCUT2D eigenvalue weighted by Crippen LogP contribution is 2.29. The molecule has 0 bridgehead atoms. The van der Waals surface area contributed by atoms with Gasteiger partial charge in [-0.3, -0.25) is 10.0 Å². The van der Waals surface area contributed by atoms with Gasteiger partial charge in [-0.05, 0) is 59.7 Å². The first-order valence-electron chi connectivity index (χ1n) is 7.03. The molecular formula is C15H23ClN2O4S. The van der Waals surface area contributed by atoms with E-state index in [0.29, 0.717) is 5.69 Å². The van der Waals surface area contributed by atoms with Gasteiger partial charge in [0, 0.05) is 5.69 Å². The quantitative estimate of drug-likeness (QED) is 0.842. The van der Waals surface area contributed by atoms with Gasteiger partial charge in [0.05, 0.1) is 15.5 Å². The number of halogens is 1. The van der Waals surface area contributed by atoms with E-state index >= 15 is 0 Å². The standard InChI is InChI=1S/C15H23ClN2O4S/c1-14(2,3)22-13(19)17-10-7-8-11(16)12(9-10)18-23(20,21)15(4,5)6/h7-9,18H,1-6H3,(H,17,19). The molecule has 0 radical (unpaired) electrons. The summed E-state index contributed by atoms with van der Waals surface area (Å²) in [5, 5.41) is 2.77. The number of nitrogens with one attached hydrogen (secondary N) is 2. The van der Waals surface area contributed by atoms with Gasteiger partial charge in [0.2, 0.25) is 10.0 Å². The van der Waals surface area contributed by atoms with Gasteiger partial charge in [-0.15, -0.1) is 0 Å². The second-order valence-corrected chi connectivity index (χ2v) is 9.88. The van der Waals surface area contributed by atoms with Crippen LogP contribution in [0.25, 0.3) is 0 Å². The van der Waals surface area contributed by atoms with Crippen molar-refractivity contribution in [2.45, 2.75) is 51.9 Å². The van der Waals surface area contributed by atoms with Crippen molar-refractivity contribution in [2.75, 3.05) is 10.0 Å². The third kappa shape index (κ3) is 5.91. The number of hydrogen-bond acceptors (Lipinski definition) is 4. The fourth-order valence-corrected chi connectivity index (χ4v) is 2.39. The van der Waals surface area contributed by atoms with Crippen LogP contribution in [-0.2, 0) is 14.8 Å². The molecule has 1 rings (SSSR count). The maximum absolute atomic E-state index is 12.2. The van der Waals surface area contributed by atoms with Crippen LogP contribution in [0.4, 0.5) is 16.2 Å². The average molecular weight is 363 g/mol. The number of rotatable bonds is 3. The first-order chi connectivity index (χ1) is 10.2. The third-order valence-electron chi connectivity index (χ3n) is 2.66. The summed E-state index contributed by atoms with van der Waals surface area (Å²) in [6.07, 6.45) is -0.635. The molecule has 1 amide bonds. The molecule has 2 N–H and O–H groups in total. The molecule has 6 nitrogen and oxygen atoms in total. The average Bonchev–Trinajstić information content (AvgIpc) is 2.29. The molecule has 0 atom stereocenters. The van der Waals surface area contributed by atoms with E-state index in [4.69, 9.17) is 16.3 Å². The molecule has 8 heteroatoms. The fourth-order valence-electron chi connectivity index (χ4n) is 1.40. The lowest BCUT2D eigenvalue weighted by molar-refractivity contribution is 0.0636. The van der Waals surface area contributed by atoms with Crippen LogP contribution in [0.3, 0.4) is 0 Å². The van der Waals surface area contributed by atoms with Crippen molar-refractivity contribution in [3.05, 3.63) is 23.2 Å². The molecule has 0 saturated heterocycles. The summed E-state index contributed by atoms with van der Waals surface area (Å²) in [6.45, 7) is 9.97. The summed E-state index contributed by atoms with van der Waals surface area (Å²) < 4.78 is 31.0. The normalized spacial score (nSPS) is 12.7. The minimum absolute atomic E-state index is 0.190. The van der Waals surface area contributed by atoms with Crippen LogP contribution in [-0.4, -0.2) is 24.9 Å². The number of sulfonamides is 1. The van der Waals surface area contributed by atoms with E-state index in [9.17, 15) is 13.2 Å². The predicted octanol–water partition coefficient (Wildman–Crippen LogP) is 4.23. The lowest BCUT2D eigenvalue weighted by Gasteiger charge is -2.22. The Labute approximate surface area is 142 Å². The molecule has 130 valence electrons. The zero-order valence-corrected chi connectivity index (χ0v) is 15.7. The summed E-state index contributed by atoms with van der Waals surface area (Å²) in [5.74, 6) is 0. The van der Waals surface area contributed by atoms with Gasteiger partial charge in [-0.1, -0.05) is 11.6 Å². The van der Waals surface area contributed by atoms with Crippen LogP contribution >= 0.6 is 11.6 Å². The minimum atomic E-state index is -3.63. The van der Waals surface area contributed by atoms with Gasteiger partial charge in [0.25, 0.3) is 0 Å². The largest absolute Gasteiger partial charge is 0.444 e. The van der Waals surface area contributed by atoms with Crippen molar-refractivity contribution < 1.29 is 17.9 Å². The van der Waals surface area contributed by atoms with E-state index in [1.54, 1.807) is 47.6 Å². The molecule has 0 spiro atoms. The van der Waals surface area contributed by atoms with Crippen molar-refractivity contribution in [1.82, 2.24) is 0 Å². The summed E-state index contributed by atoms with van der Waals surface area (Å²) in [5.41, 5.74) is -0.0712. The molecule has 0 saturated carbocycles. The lowest BCUT2D eigenvalue weighted by atomic mass is 10.2. The maximum atomic E-state index is 12.2. The second-order valence-electron chi connectivity index (χ2n) is 7.04. The molecule has 0 aliphatic carbocycles. The predicted molar refractivity (Wildman–Crippen MR) is 93.6 cm³/mol. The molecule has 0 aromatic heterocycles. The molecule has 0 fully saturated rings. The van der Waals surface area contributed by atoms with Crippen LogP contribution in [0.5, 0.6) is 0 Å². The first kappa shape index (κ1) is 19.6. The molecule has 1 aromatic carbocycles. The van der Waals surface area contributed by atoms with Gasteiger partial charge >= 0.3 is 6.09 Å². The molecule has 0 aliphatic heterocycles. The number of hydrogen-bond donors (Lipinski definition) is 2. The first-order valence-corrected chi connectivity index (χ1v) is 8.89. The molecular weight excluding hydrogens is 340 g/mol. The van der Waals surface area contributed by atoms with E-state index in [1.807, 2.05) is 0 Å². The van der Waals surface area contributed by atoms with Gasteiger partial charge in [-0.2, -0.15) is 0 Å². The van der Waals surface area contributed by atoms with Crippen molar-refractivity contribution in [1.29, 1.82) is 0 Å². The van der Waals surface area contributed by atoms with Crippen molar-refractivity contribution in [3.63, 3.8) is 0 Å². The highest BCUT2D eigenvalue weighted by Gasteiger charge is 2.29. The van der Waals surface area contributed by atoms with Crippen LogP contribution in [0.15, 0.2) is 18.2 Å². The summed E-state index contributed by atoms with van der Waals surface area (Å²) in [6, 6.07) is 4.49. The van der Waals surface area contributed by atoms with E-state index in [0.717, 1.165) is 0 Å². The van der Waals surface area contributed by atoms with E-state index < -0.39 is 26.5 Å². The maximum Gasteiger partial charge on any atom is 0.412 e. The lowest BCUT2D eigenvalue weighted by Crippen LogP contribution is -2.33. The van der Waals surface area contributed by atoms with Crippen LogP contribution in [0, 0.1) is 0 Å². The fraction of sp³-hybridized carbons (Fsp3) is 0.533. The molecule has 0 heterocycles. The van der Waals surface area contributed by atoms with E-state index in [1.165, 1.54) is 12.1 Å². The third-order valence-corrected chi connectivity index (χ3v) is 5.09. The highest BCUT2D eigenvalue weighted by atomic mass is 35.5. The smallest absolute Gasteiger partial charge is 0.412 e. The van der Waals surface area contributed by atoms with Crippen LogP contribution < -0.4 is 10.0 Å². The van der Waals surface area contributed by atoms with Crippen LogP contribution in [0.1, 0.15) is 41.5 Å². The Balaban J connectivity index is 2.99. The Morgan fingerprint density at radius 3 is 2.17 bits per heavy atom. The van der Waals surface area contributed by atoms with Gasteiger partial charge in [0.1, 0.15) is 5.60 Å². The zero-order chi connectivity index (χ0) is 18.1. The van der Waals surface area contributed by atoms with Crippen LogP contribution in [0.2, 0.25) is 5.02 Å². The number of anilines is 2. The number of benzene rings is 1. The van der Waals surface area contributed by atoms with Gasteiger partial charge < -0.3 is 4.74 Å². The highest BCUT2D eigenvalue weighted by molar-refractivity contribution is 7.94. The Morgan fingerprint density at radius 2 is 1.70 bits per heavy atom. The van der Waals surface area contributed by atoms with Crippen molar-refractivity contribution >= 4 is 39.1 Å². The minimum Gasteiger partial charge on any atom is -0.444 e. The molecule has 23 heavy (non-hydrogen) atoms. The second kappa shape index (κ2) is 6.57. The Bertz CT molecular complexity index is 688. The Hall–Kier alpha value is -1.47. The number of ether oxygens (including phenoxy) is 1. The summed E-state index contributed by atoms with van der Waals surface area (Å²) in [4.78, 5) is 11.8. The monoisotopic (exact) mass is 362 g/mol. The number of carbonyl (C=O) groups is 1. The van der Waals surface area contributed by atoms with Crippen molar-refractivity contribution in [3.8, 4) is 0 Å².